The molecule has 1 aliphatic heterocycles. The van der Waals surface area contributed by atoms with Gasteiger partial charge in [-0.25, -0.2) is 9.79 Å². The summed E-state index contributed by atoms with van der Waals surface area (Å²) in [6.07, 6.45) is -0.256. The maximum absolute atomic E-state index is 12.4. The van der Waals surface area contributed by atoms with Gasteiger partial charge in [-0.3, -0.25) is 19.7 Å². The van der Waals surface area contributed by atoms with E-state index in [1.807, 2.05) is 0 Å². The number of fused-ring (bicyclic) bond motifs is 1. The zero-order chi connectivity index (χ0) is 22.1. The summed E-state index contributed by atoms with van der Waals surface area (Å²) in [5.74, 6) is -1.14. The zero-order valence-corrected chi connectivity index (χ0v) is 17.1. The van der Waals surface area contributed by atoms with Crippen LogP contribution in [0, 0.1) is 10.1 Å². The minimum Gasteiger partial charge on any atom is -0.422 e. The van der Waals surface area contributed by atoms with Crippen LogP contribution in [0.15, 0.2) is 62.7 Å². The van der Waals surface area contributed by atoms with Crippen molar-refractivity contribution in [3.8, 4) is 0 Å². The number of benzene rings is 2. The van der Waals surface area contributed by atoms with E-state index in [-0.39, 0.29) is 33.4 Å². The number of hydrogen-bond donors (Lipinski definition) is 1. The van der Waals surface area contributed by atoms with Crippen molar-refractivity contribution in [3.63, 3.8) is 0 Å². The third-order valence-corrected chi connectivity index (χ3v) is 5.94. The number of halogens is 1. The Labute approximate surface area is 183 Å². The van der Waals surface area contributed by atoms with Gasteiger partial charge in [0, 0.05) is 23.9 Å². The van der Waals surface area contributed by atoms with Crippen molar-refractivity contribution in [2.75, 3.05) is 5.32 Å². The molecule has 1 unspecified atom stereocenters. The average molecular weight is 458 g/mol. The van der Waals surface area contributed by atoms with Crippen LogP contribution in [0.25, 0.3) is 11.0 Å². The number of amides is 2. The number of nitrogens with zero attached hydrogens (tertiary/aromatic N) is 2. The molecule has 1 atom stereocenters. The second kappa shape index (κ2) is 8.32. The first-order valence-electron chi connectivity index (χ1n) is 8.88. The Morgan fingerprint density at radius 3 is 2.77 bits per heavy atom. The average Bonchev–Trinajstić information content (AvgIpc) is 3.08. The number of carbonyl (C=O) groups is 2. The number of carbonyl (C=O) groups excluding carboxylic acids is 2. The number of non-ortho nitro benzene ring substituents is 1. The lowest BCUT2D eigenvalue weighted by Gasteiger charge is -2.09. The van der Waals surface area contributed by atoms with Crippen LogP contribution in [0.3, 0.4) is 0 Å². The van der Waals surface area contributed by atoms with Crippen molar-refractivity contribution in [1.82, 2.24) is 0 Å². The fraction of sp³-hybridized carbons (Fsp3) is 0.100. The molecule has 2 heterocycles. The maximum Gasteiger partial charge on any atom is 0.346 e. The Kier molecular flexibility index (Phi) is 5.57. The molecule has 2 aromatic carbocycles. The molecule has 0 saturated carbocycles. The van der Waals surface area contributed by atoms with Crippen LogP contribution in [-0.4, -0.2) is 27.0 Å². The van der Waals surface area contributed by atoms with E-state index in [9.17, 15) is 24.5 Å². The third kappa shape index (κ3) is 4.35. The Morgan fingerprint density at radius 1 is 1.23 bits per heavy atom. The van der Waals surface area contributed by atoms with Gasteiger partial charge in [0.15, 0.2) is 0 Å². The van der Waals surface area contributed by atoms with Gasteiger partial charge in [-0.15, -0.1) is 0 Å². The van der Waals surface area contributed by atoms with Gasteiger partial charge in [-0.1, -0.05) is 41.6 Å². The molecule has 156 valence electrons. The van der Waals surface area contributed by atoms with E-state index < -0.39 is 27.6 Å². The summed E-state index contributed by atoms with van der Waals surface area (Å²) in [7, 11) is 0. The number of rotatable bonds is 5. The van der Waals surface area contributed by atoms with E-state index >= 15 is 0 Å². The number of hydrogen-bond acceptors (Lipinski definition) is 7. The largest absolute Gasteiger partial charge is 0.422 e. The van der Waals surface area contributed by atoms with Gasteiger partial charge in [0.25, 0.3) is 11.6 Å². The minimum absolute atomic E-state index is 0.0626. The van der Waals surface area contributed by atoms with Gasteiger partial charge in [-0.05, 0) is 18.2 Å². The molecule has 0 saturated heterocycles. The number of nitro groups is 1. The number of anilines is 1. The topological polar surface area (TPSA) is 132 Å². The highest BCUT2D eigenvalue weighted by Crippen LogP contribution is 2.31. The summed E-state index contributed by atoms with van der Waals surface area (Å²) in [4.78, 5) is 51.2. The maximum atomic E-state index is 12.4. The monoisotopic (exact) mass is 457 g/mol. The lowest BCUT2D eigenvalue weighted by molar-refractivity contribution is -0.384. The summed E-state index contributed by atoms with van der Waals surface area (Å²) < 4.78 is 5.27. The molecular formula is C20H12ClN3O6S. The van der Waals surface area contributed by atoms with Gasteiger partial charge in [0.05, 0.1) is 21.2 Å². The van der Waals surface area contributed by atoms with Crippen molar-refractivity contribution in [2.24, 2.45) is 4.99 Å². The van der Waals surface area contributed by atoms with Gasteiger partial charge in [0.2, 0.25) is 5.91 Å². The van der Waals surface area contributed by atoms with Crippen LogP contribution in [0.2, 0.25) is 5.02 Å². The molecule has 3 aromatic rings. The van der Waals surface area contributed by atoms with Gasteiger partial charge in [0.1, 0.15) is 15.9 Å². The molecule has 9 nitrogen and oxygen atoms in total. The molecule has 1 N–H and O–H groups in total. The van der Waals surface area contributed by atoms with Gasteiger partial charge >= 0.3 is 5.63 Å². The highest BCUT2D eigenvalue weighted by atomic mass is 35.5. The van der Waals surface area contributed by atoms with Crippen LogP contribution < -0.4 is 10.9 Å². The number of para-hydroxylation sites is 1. The lowest BCUT2D eigenvalue weighted by Crippen LogP contribution is -2.21. The first-order valence-corrected chi connectivity index (χ1v) is 10.1. The molecular weight excluding hydrogens is 446 g/mol. The Morgan fingerprint density at radius 2 is 2.00 bits per heavy atom. The van der Waals surface area contributed by atoms with E-state index in [1.54, 1.807) is 30.3 Å². The molecule has 0 spiro atoms. The van der Waals surface area contributed by atoms with Gasteiger partial charge < -0.3 is 9.73 Å². The summed E-state index contributed by atoms with van der Waals surface area (Å²) in [6.45, 7) is 0. The Bertz CT molecular complexity index is 1340. The van der Waals surface area contributed by atoms with Crippen molar-refractivity contribution in [1.29, 1.82) is 0 Å². The molecule has 4 rings (SSSR count). The fourth-order valence-electron chi connectivity index (χ4n) is 2.94. The molecule has 1 aromatic heterocycles. The number of thioether (sulfide) groups is 1. The molecule has 0 radical (unpaired) electrons. The normalized spacial score (nSPS) is 15.7. The van der Waals surface area contributed by atoms with E-state index in [1.165, 1.54) is 12.1 Å². The molecule has 0 aliphatic carbocycles. The van der Waals surface area contributed by atoms with Gasteiger partial charge in [-0.2, -0.15) is 0 Å². The van der Waals surface area contributed by atoms with Crippen LogP contribution in [-0.2, 0) is 9.59 Å². The van der Waals surface area contributed by atoms with Crippen LogP contribution >= 0.6 is 23.4 Å². The van der Waals surface area contributed by atoms with E-state index in [4.69, 9.17) is 16.0 Å². The molecule has 1 aliphatic rings. The van der Waals surface area contributed by atoms with E-state index in [2.05, 4.69) is 10.3 Å². The smallest absolute Gasteiger partial charge is 0.346 e. The highest BCUT2D eigenvalue weighted by molar-refractivity contribution is 8.16. The van der Waals surface area contributed by atoms with E-state index in [0.717, 1.165) is 17.8 Å². The second-order valence-corrected chi connectivity index (χ2v) is 8.12. The second-order valence-electron chi connectivity index (χ2n) is 6.52. The molecule has 0 fully saturated rings. The predicted octanol–water partition coefficient (Wildman–Crippen LogP) is 3.77. The van der Waals surface area contributed by atoms with Crippen molar-refractivity contribution >= 4 is 62.6 Å². The van der Waals surface area contributed by atoms with Crippen LogP contribution in [0.5, 0.6) is 0 Å². The first-order chi connectivity index (χ1) is 14.8. The summed E-state index contributed by atoms with van der Waals surface area (Å²) in [5, 5.41) is 13.5. The van der Waals surface area contributed by atoms with Crippen molar-refractivity contribution in [2.45, 2.75) is 11.7 Å². The first kappa shape index (κ1) is 20.8. The number of nitro benzene ring substituents is 1. The minimum atomic E-state index is -0.849. The summed E-state index contributed by atoms with van der Waals surface area (Å²) in [5.41, 5.74) is -0.254. The summed E-state index contributed by atoms with van der Waals surface area (Å²) >= 11 is 6.97. The molecule has 31 heavy (non-hydrogen) atoms. The summed E-state index contributed by atoms with van der Waals surface area (Å²) in [6, 6.07) is 12.2. The Balaban J connectivity index is 1.49. The lowest BCUT2D eigenvalue weighted by atomic mass is 10.2. The number of nitrogens with one attached hydrogen (secondary N) is 1. The van der Waals surface area contributed by atoms with Crippen LogP contribution in [0.1, 0.15) is 12.0 Å². The van der Waals surface area contributed by atoms with Crippen LogP contribution in [0.4, 0.5) is 11.4 Å². The quantitative estimate of drug-likeness (QED) is 0.350. The predicted molar refractivity (Wildman–Crippen MR) is 117 cm³/mol. The van der Waals surface area contributed by atoms with Crippen molar-refractivity contribution in [3.05, 3.63) is 79.7 Å². The molecule has 11 heteroatoms. The number of aliphatic imine (C=N–C) groups is 1. The zero-order valence-electron chi connectivity index (χ0n) is 15.5. The SMILES string of the molecule is O=C(CC1SC(c2cc3ccccc3oc2=O)=NC1=O)Nc1cc([N+](=O)[O-])ccc1Cl. The van der Waals surface area contributed by atoms with Crippen molar-refractivity contribution < 1.29 is 18.9 Å². The Hall–Kier alpha value is -3.50. The standard InChI is InChI=1S/C20H12ClN3O6S/c21-13-6-5-11(24(28)29)8-14(13)22-17(25)9-16-18(26)23-19(31-16)12-7-10-3-1-2-4-15(10)30-20(12)27/h1-8,16H,9H2,(H,22,25). The fourth-order valence-corrected chi connectivity index (χ4v) is 4.17. The van der Waals surface area contributed by atoms with E-state index in [0.29, 0.717) is 11.0 Å². The third-order valence-electron chi connectivity index (χ3n) is 4.42. The molecule has 2 amide bonds. The molecule has 0 bridgehead atoms. The highest BCUT2D eigenvalue weighted by Gasteiger charge is 2.32.